The number of rotatable bonds is 5. The smallest absolute Gasteiger partial charge is 0.410 e. The Morgan fingerprint density at radius 1 is 1.13 bits per heavy atom. The molecule has 0 radical (unpaired) electrons. The highest BCUT2D eigenvalue weighted by Gasteiger charge is 2.45. The summed E-state index contributed by atoms with van der Waals surface area (Å²) in [6, 6.07) is -2.00. The van der Waals surface area contributed by atoms with Gasteiger partial charge < -0.3 is 25.6 Å². The average Bonchev–Trinajstić information content (AvgIpc) is 3.51. The minimum atomic E-state index is -0.892. The number of amides is 5. The van der Waals surface area contributed by atoms with Gasteiger partial charge in [0.05, 0.1) is 6.54 Å². The average molecular weight is 530 g/mol. The van der Waals surface area contributed by atoms with Crippen LogP contribution in [0.5, 0.6) is 0 Å². The fourth-order valence-electron chi connectivity index (χ4n) is 5.90. The molecule has 1 saturated heterocycles. The van der Waals surface area contributed by atoms with Crippen LogP contribution in [0.2, 0.25) is 0 Å². The number of nitrogens with two attached hydrogens (primary N) is 1. The number of hydrogen-bond donors (Lipinski definition) is 2. The first kappa shape index (κ1) is 28.0. The molecular formula is C28H43N5O5. The van der Waals surface area contributed by atoms with E-state index in [1.54, 1.807) is 16.8 Å². The second-order valence-corrected chi connectivity index (χ2v) is 12.1. The van der Waals surface area contributed by atoms with Gasteiger partial charge in [0.25, 0.3) is 0 Å². The number of carbonyl (C=O) groups excluding carboxylic acids is 4. The van der Waals surface area contributed by atoms with Gasteiger partial charge in [0.15, 0.2) is 0 Å². The topological polar surface area (TPSA) is 125 Å². The highest BCUT2D eigenvalue weighted by Crippen LogP contribution is 2.31. The largest absolute Gasteiger partial charge is 0.444 e. The highest BCUT2D eigenvalue weighted by atomic mass is 16.6. The van der Waals surface area contributed by atoms with Crippen LogP contribution < -0.4 is 11.1 Å². The maximum absolute atomic E-state index is 13.9. The standard InChI is InChI=1S/C28H43N5O5/c1-28(2,3)31(4)26(36)30-23(18-10-6-5-7-11-18)25(35)33-17-21(14-22(33)24(29)34)38-27(37)32-15-19-12-8-9-13-20(19)16-32/h8,12,18,21-23H,5-7,9-11,13-17H2,1-4H3,(H2,29,34)(H,30,36)/t21-,22+,23+/m1/s1. The molecule has 2 heterocycles. The molecule has 0 aromatic rings. The Morgan fingerprint density at radius 3 is 2.47 bits per heavy atom. The van der Waals surface area contributed by atoms with Crippen LogP contribution in [0.3, 0.4) is 0 Å². The third kappa shape index (κ3) is 6.15. The van der Waals surface area contributed by atoms with E-state index in [-0.39, 0.29) is 30.8 Å². The van der Waals surface area contributed by atoms with Gasteiger partial charge in [0, 0.05) is 32.1 Å². The fraction of sp³-hybridized carbons (Fsp3) is 0.714. The first-order valence-electron chi connectivity index (χ1n) is 13.9. The van der Waals surface area contributed by atoms with Crippen molar-refractivity contribution in [2.24, 2.45) is 11.7 Å². The lowest BCUT2D eigenvalue weighted by molar-refractivity contribution is -0.140. The number of nitrogens with one attached hydrogen (secondary N) is 1. The van der Waals surface area contributed by atoms with Gasteiger partial charge in [-0.25, -0.2) is 9.59 Å². The van der Waals surface area contributed by atoms with E-state index in [1.807, 2.05) is 20.8 Å². The molecule has 210 valence electrons. The molecule has 1 saturated carbocycles. The van der Waals surface area contributed by atoms with E-state index in [9.17, 15) is 19.2 Å². The normalized spacial score (nSPS) is 24.7. The molecule has 10 heteroatoms. The van der Waals surface area contributed by atoms with Gasteiger partial charge in [-0.3, -0.25) is 14.5 Å². The Balaban J connectivity index is 1.45. The van der Waals surface area contributed by atoms with Crippen molar-refractivity contribution in [1.82, 2.24) is 20.0 Å². The molecule has 4 aliphatic rings. The Bertz CT molecular complexity index is 1010. The van der Waals surface area contributed by atoms with Crippen LogP contribution in [0.4, 0.5) is 9.59 Å². The summed E-state index contributed by atoms with van der Waals surface area (Å²) < 4.78 is 5.79. The number of likely N-dealkylation sites (tertiary alicyclic amines) is 1. The van der Waals surface area contributed by atoms with Gasteiger partial charge >= 0.3 is 12.1 Å². The minimum absolute atomic E-state index is 0.0289. The lowest BCUT2D eigenvalue weighted by Crippen LogP contribution is -2.59. The molecule has 3 N–H and O–H groups in total. The monoisotopic (exact) mass is 529 g/mol. The van der Waals surface area contributed by atoms with Crippen LogP contribution in [-0.4, -0.2) is 89.0 Å². The summed E-state index contributed by atoms with van der Waals surface area (Å²) in [5.74, 6) is -1.00. The maximum Gasteiger partial charge on any atom is 0.410 e. The van der Waals surface area contributed by atoms with Crippen molar-refractivity contribution in [3.8, 4) is 0 Å². The Hall–Kier alpha value is -3.04. The summed E-state index contributed by atoms with van der Waals surface area (Å²) in [6.07, 6.45) is 9.91. The van der Waals surface area contributed by atoms with Gasteiger partial charge in [0.1, 0.15) is 18.2 Å². The SMILES string of the molecule is CN(C(=O)N[C@H](C(=O)N1C[C@H](OC(=O)N2CC3=C(CCC=C3)C2)C[C@H]1C(N)=O)C1CCCCC1)C(C)(C)C. The second kappa shape index (κ2) is 11.4. The number of nitrogens with zero attached hydrogens (tertiary/aromatic N) is 3. The number of primary amides is 1. The summed E-state index contributed by atoms with van der Waals surface area (Å²) in [4.78, 5) is 57.1. The molecule has 4 rings (SSSR count). The molecule has 0 aromatic heterocycles. The van der Waals surface area contributed by atoms with Crippen molar-refractivity contribution in [3.63, 3.8) is 0 Å². The van der Waals surface area contributed by atoms with E-state index < -0.39 is 35.7 Å². The van der Waals surface area contributed by atoms with Gasteiger partial charge in [-0.1, -0.05) is 31.4 Å². The molecular weight excluding hydrogens is 486 g/mol. The first-order valence-corrected chi connectivity index (χ1v) is 13.9. The number of urea groups is 1. The molecule has 10 nitrogen and oxygen atoms in total. The number of ether oxygens (including phenoxy) is 1. The van der Waals surface area contributed by atoms with E-state index in [2.05, 4.69) is 17.5 Å². The molecule has 0 unspecified atom stereocenters. The summed E-state index contributed by atoms with van der Waals surface area (Å²) in [5, 5.41) is 2.97. The zero-order valence-corrected chi connectivity index (χ0v) is 23.2. The van der Waals surface area contributed by atoms with E-state index in [0.717, 1.165) is 50.5 Å². The van der Waals surface area contributed by atoms with Crippen molar-refractivity contribution >= 4 is 23.9 Å². The Labute approximate surface area is 225 Å². The predicted molar refractivity (Wildman–Crippen MR) is 143 cm³/mol. The Morgan fingerprint density at radius 2 is 1.84 bits per heavy atom. The zero-order valence-electron chi connectivity index (χ0n) is 23.2. The number of carbonyl (C=O) groups is 4. The molecule has 3 atom stereocenters. The zero-order chi connectivity index (χ0) is 27.6. The highest BCUT2D eigenvalue weighted by molar-refractivity contribution is 5.92. The van der Waals surface area contributed by atoms with Crippen LogP contribution in [0.15, 0.2) is 23.3 Å². The third-order valence-electron chi connectivity index (χ3n) is 8.51. The lowest BCUT2D eigenvalue weighted by atomic mass is 9.83. The fourth-order valence-corrected chi connectivity index (χ4v) is 5.90. The summed E-state index contributed by atoms with van der Waals surface area (Å²) in [7, 11) is 1.70. The van der Waals surface area contributed by atoms with E-state index in [0.29, 0.717) is 13.1 Å². The third-order valence-corrected chi connectivity index (χ3v) is 8.51. The van der Waals surface area contributed by atoms with Crippen molar-refractivity contribution < 1.29 is 23.9 Å². The van der Waals surface area contributed by atoms with Crippen LogP contribution >= 0.6 is 0 Å². The van der Waals surface area contributed by atoms with E-state index in [4.69, 9.17) is 10.5 Å². The van der Waals surface area contributed by atoms with Crippen LogP contribution in [0.1, 0.15) is 72.1 Å². The van der Waals surface area contributed by atoms with Gasteiger partial charge in [-0.05, 0) is 63.5 Å². The van der Waals surface area contributed by atoms with E-state index in [1.165, 1.54) is 10.5 Å². The molecule has 38 heavy (non-hydrogen) atoms. The number of hydrogen-bond acceptors (Lipinski definition) is 5. The van der Waals surface area contributed by atoms with Crippen molar-refractivity contribution in [2.45, 2.75) is 95.9 Å². The molecule has 2 fully saturated rings. The molecule has 2 aliphatic carbocycles. The second-order valence-electron chi connectivity index (χ2n) is 12.1. The summed E-state index contributed by atoms with van der Waals surface area (Å²) in [5.41, 5.74) is 7.71. The van der Waals surface area contributed by atoms with Crippen LogP contribution in [0.25, 0.3) is 0 Å². The molecule has 0 aromatic carbocycles. The summed E-state index contributed by atoms with van der Waals surface area (Å²) in [6.45, 7) is 6.91. The molecule has 0 spiro atoms. The molecule has 0 bridgehead atoms. The molecule has 2 aliphatic heterocycles. The maximum atomic E-state index is 13.9. The molecule has 5 amide bonds. The van der Waals surface area contributed by atoms with Crippen molar-refractivity contribution in [3.05, 3.63) is 23.3 Å². The van der Waals surface area contributed by atoms with Gasteiger partial charge in [-0.2, -0.15) is 0 Å². The van der Waals surface area contributed by atoms with Crippen molar-refractivity contribution in [2.75, 3.05) is 26.7 Å². The van der Waals surface area contributed by atoms with Crippen LogP contribution in [-0.2, 0) is 14.3 Å². The van der Waals surface area contributed by atoms with Crippen molar-refractivity contribution in [1.29, 1.82) is 0 Å². The Kier molecular flexibility index (Phi) is 8.37. The first-order chi connectivity index (χ1) is 18.0. The van der Waals surface area contributed by atoms with Gasteiger partial charge in [0.2, 0.25) is 11.8 Å². The van der Waals surface area contributed by atoms with E-state index >= 15 is 0 Å². The lowest BCUT2D eigenvalue weighted by Gasteiger charge is -2.37. The summed E-state index contributed by atoms with van der Waals surface area (Å²) >= 11 is 0. The number of allylic oxidation sites excluding steroid dienone is 1. The quantitative estimate of drug-likeness (QED) is 0.567. The minimum Gasteiger partial charge on any atom is -0.444 e. The van der Waals surface area contributed by atoms with Gasteiger partial charge in [-0.15, -0.1) is 0 Å². The van der Waals surface area contributed by atoms with Crippen LogP contribution in [0, 0.1) is 5.92 Å². The predicted octanol–water partition coefficient (Wildman–Crippen LogP) is 2.93.